The van der Waals surface area contributed by atoms with Gasteiger partial charge in [-0.1, -0.05) is 18.2 Å². The molecule has 0 radical (unpaired) electrons. The van der Waals surface area contributed by atoms with Gasteiger partial charge in [-0.2, -0.15) is 0 Å². The summed E-state index contributed by atoms with van der Waals surface area (Å²) in [4.78, 5) is 12.4. The summed E-state index contributed by atoms with van der Waals surface area (Å²) in [7, 11) is -1.91. The van der Waals surface area contributed by atoms with Gasteiger partial charge < -0.3 is 10.1 Å². The number of carbonyl (C=O) groups excluding carboxylic acids is 1. The summed E-state index contributed by atoms with van der Waals surface area (Å²) in [5.41, 5.74) is 3.04. The van der Waals surface area contributed by atoms with Gasteiger partial charge in [0.15, 0.2) is 6.10 Å². The topological polar surface area (TPSA) is 75.7 Å². The Labute approximate surface area is 154 Å². The molecule has 140 valence electrons. The SMILES string of the molecule is Cc1cccc(O[C@H](C)C(=O)Nc2cccc(N(C)S(C)(=O)=O)c2)c1C. The molecular weight excluding hydrogens is 352 g/mol. The van der Waals surface area contributed by atoms with Crippen LogP contribution in [0.5, 0.6) is 5.75 Å². The van der Waals surface area contributed by atoms with Crippen LogP contribution in [0.15, 0.2) is 42.5 Å². The van der Waals surface area contributed by atoms with E-state index in [4.69, 9.17) is 4.74 Å². The van der Waals surface area contributed by atoms with Crippen molar-refractivity contribution in [2.45, 2.75) is 26.9 Å². The van der Waals surface area contributed by atoms with Crippen molar-refractivity contribution in [2.75, 3.05) is 22.9 Å². The van der Waals surface area contributed by atoms with Crippen LogP contribution in [0.3, 0.4) is 0 Å². The maximum Gasteiger partial charge on any atom is 0.265 e. The Balaban J connectivity index is 2.11. The van der Waals surface area contributed by atoms with E-state index in [1.54, 1.807) is 31.2 Å². The summed E-state index contributed by atoms with van der Waals surface area (Å²) in [6.45, 7) is 5.60. The number of hydrogen-bond acceptors (Lipinski definition) is 4. The molecule has 0 bridgehead atoms. The van der Waals surface area contributed by atoms with Gasteiger partial charge in [-0.05, 0) is 56.2 Å². The van der Waals surface area contributed by atoms with Gasteiger partial charge in [0, 0.05) is 12.7 Å². The van der Waals surface area contributed by atoms with Gasteiger partial charge in [-0.15, -0.1) is 0 Å². The molecular formula is C19H24N2O4S. The molecule has 2 aromatic rings. The number of nitrogens with one attached hydrogen (secondary N) is 1. The second-order valence-corrected chi connectivity index (χ2v) is 8.24. The molecule has 0 aliphatic heterocycles. The molecule has 26 heavy (non-hydrogen) atoms. The Morgan fingerprint density at radius 2 is 1.81 bits per heavy atom. The number of sulfonamides is 1. The zero-order chi connectivity index (χ0) is 19.5. The molecule has 0 aliphatic rings. The highest BCUT2D eigenvalue weighted by molar-refractivity contribution is 7.92. The van der Waals surface area contributed by atoms with Gasteiger partial charge in [0.1, 0.15) is 5.75 Å². The lowest BCUT2D eigenvalue weighted by Crippen LogP contribution is -2.30. The summed E-state index contributed by atoms with van der Waals surface area (Å²) in [5, 5.41) is 2.76. The molecule has 0 saturated heterocycles. The van der Waals surface area contributed by atoms with Crippen molar-refractivity contribution < 1.29 is 17.9 Å². The number of benzene rings is 2. The molecule has 2 rings (SSSR count). The van der Waals surface area contributed by atoms with Gasteiger partial charge in [-0.25, -0.2) is 8.42 Å². The van der Waals surface area contributed by atoms with Crippen molar-refractivity contribution in [1.29, 1.82) is 0 Å². The number of anilines is 2. The van der Waals surface area contributed by atoms with Gasteiger partial charge >= 0.3 is 0 Å². The van der Waals surface area contributed by atoms with Crippen LogP contribution < -0.4 is 14.4 Å². The van der Waals surface area contributed by atoms with Crippen molar-refractivity contribution in [2.24, 2.45) is 0 Å². The quantitative estimate of drug-likeness (QED) is 0.840. The first-order valence-electron chi connectivity index (χ1n) is 8.17. The zero-order valence-corrected chi connectivity index (χ0v) is 16.4. The minimum atomic E-state index is -3.37. The first-order valence-corrected chi connectivity index (χ1v) is 10.0. The molecule has 1 N–H and O–H groups in total. The Kier molecular flexibility index (Phi) is 5.92. The molecule has 2 aromatic carbocycles. The van der Waals surface area contributed by atoms with E-state index in [0.29, 0.717) is 17.1 Å². The van der Waals surface area contributed by atoms with Crippen LogP contribution in [0.25, 0.3) is 0 Å². The lowest BCUT2D eigenvalue weighted by molar-refractivity contribution is -0.122. The first kappa shape index (κ1) is 19.8. The van der Waals surface area contributed by atoms with Crippen LogP contribution in [-0.2, 0) is 14.8 Å². The fourth-order valence-corrected chi connectivity index (χ4v) is 2.81. The van der Waals surface area contributed by atoms with E-state index in [9.17, 15) is 13.2 Å². The van der Waals surface area contributed by atoms with Crippen molar-refractivity contribution in [1.82, 2.24) is 0 Å². The molecule has 6 nitrogen and oxygen atoms in total. The fraction of sp³-hybridized carbons (Fsp3) is 0.316. The highest BCUT2D eigenvalue weighted by atomic mass is 32.2. The molecule has 0 heterocycles. The molecule has 0 saturated carbocycles. The van der Waals surface area contributed by atoms with Crippen LogP contribution in [0.2, 0.25) is 0 Å². The van der Waals surface area contributed by atoms with E-state index in [1.807, 2.05) is 32.0 Å². The van der Waals surface area contributed by atoms with E-state index in [2.05, 4.69) is 5.32 Å². The maximum absolute atomic E-state index is 12.4. The predicted molar refractivity (Wildman–Crippen MR) is 104 cm³/mol. The number of hydrogen-bond donors (Lipinski definition) is 1. The molecule has 0 aliphatic carbocycles. The van der Waals surface area contributed by atoms with Gasteiger partial charge in [0.25, 0.3) is 5.91 Å². The zero-order valence-electron chi connectivity index (χ0n) is 15.6. The normalized spacial score (nSPS) is 12.3. The highest BCUT2D eigenvalue weighted by Gasteiger charge is 2.17. The first-order chi connectivity index (χ1) is 12.1. The van der Waals surface area contributed by atoms with Gasteiger partial charge in [0.2, 0.25) is 10.0 Å². The highest BCUT2D eigenvalue weighted by Crippen LogP contribution is 2.23. The van der Waals surface area contributed by atoms with Gasteiger partial charge in [-0.3, -0.25) is 9.10 Å². The minimum Gasteiger partial charge on any atom is -0.481 e. The average Bonchev–Trinajstić information content (AvgIpc) is 2.57. The van der Waals surface area contributed by atoms with Crippen LogP contribution >= 0.6 is 0 Å². The molecule has 0 spiro atoms. The standard InChI is InChI=1S/C19H24N2O4S/c1-13-8-6-11-18(14(13)2)25-15(3)19(22)20-16-9-7-10-17(12-16)21(4)26(5,23)24/h6-12,15H,1-5H3,(H,20,22)/t15-/m1/s1. The van der Waals surface area contributed by atoms with E-state index < -0.39 is 16.1 Å². The van der Waals surface area contributed by atoms with Crippen molar-refractivity contribution in [3.05, 3.63) is 53.6 Å². The summed E-state index contributed by atoms with van der Waals surface area (Å²) in [6, 6.07) is 12.3. The number of aryl methyl sites for hydroxylation is 1. The van der Waals surface area contributed by atoms with Crippen molar-refractivity contribution in [3.63, 3.8) is 0 Å². The minimum absolute atomic E-state index is 0.315. The number of rotatable bonds is 6. The molecule has 1 amide bonds. The Morgan fingerprint density at radius 1 is 1.15 bits per heavy atom. The largest absolute Gasteiger partial charge is 0.481 e. The van der Waals surface area contributed by atoms with Gasteiger partial charge in [0.05, 0.1) is 11.9 Å². The second kappa shape index (κ2) is 7.78. The molecule has 0 unspecified atom stereocenters. The Morgan fingerprint density at radius 3 is 2.46 bits per heavy atom. The second-order valence-electron chi connectivity index (χ2n) is 6.23. The number of ether oxygens (including phenoxy) is 1. The third-order valence-corrected chi connectivity index (χ3v) is 5.41. The predicted octanol–water partition coefficient (Wildman–Crippen LogP) is 3.11. The summed E-state index contributed by atoms with van der Waals surface area (Å²) >= 11 is 0. The number of nitrogens with zero attached hydrogens (tertiary/aromatic N) is 1. The van der Waals surface area contributed by atoms with Crippen molar-refractivity contribution >= 4 is 27.3 Å². The van der Waals surface area contributed by atoms with E-state index in [-0.39, 0.29) is 5.91 Å². The third-order valence-electron chi connectivity index (χ3n) is 4.20. The summed E-state index contributed by atoms with van der Waals surface area (Å²) in [5.74, 6) is 0.350. The lowest BCUT2D eigenvalue weighted by atomic mass is 10.1. The van der Waals surface area contributed by atoms with E-state index in [1.165, 1.54) is 7.05 Å². The van der Waals surface area contributed by atoms with Crippen LogP contribution in [-0.4, -0.2) is 33.7 Å². The van der Waals surface area contributed by atoms with E-state index in [0.717, 1.165) is 21.7 Å². The monoisotopic (exact) mass is 376 g/mol. The van der Waals surface area contributed by atoms with E-state index >= 15 is 0 Å². The van der Waals surface area contributed by atoms with Crippen LogP contribution in [0.4, 0.5) is 11.4 Å². The smallest absolute Gasteiger partial charge is 0.265 e. The van der Waals surface area contributed by atoms with Crippen molar-refractivity contribution in [3.8, 4) is 5.75 Å². The fourth-order valence-electron chi connectivity index (χ4n) is 2.31. The molecule has 0 fully saturated rings. The molecule has 0 aromatic heterocycles. The number of amides is 1. The third kappa shape index (κ3) is 4.76. The van der Waals surface area contributed by atoms with Crippen LogP contribution in [0, 0.1) is 13.8 Å². The average molecular weight is 376 g/mol. The summed E-state index contributed by atoms with van der Waals surface area (Å²) in [6.07, 6.45) is 0.421. The molecule has 7 heteroatoms. The Hall–Kier alpha value is -2.54. The molecule has 1 atom stereocenters. The summed E-state index contributed by atoms with van der Waals surface area (Å²) < 4.78 is 30.2. The number of carbonyl (C=O) groups is 1. The Bertz CT molecular complexity index is 910. The maximum atomic E-state index is 12.4. The van der Waals surface area contributed by atoms with Crippen LogP contribution in [0.1, 0.15) is 18.1 Å². The lowest BCUT2D eigenvalue weighted by Gasteiger charge is -2.19.